The number of rotatable bonds is 0. The van der Waals surface area contributed by atoms with E-state index in [1.54, 1.807) is 0 Å². The van der Waals surface area contributed by atoms with Crippen LogP contribution in [0.15, 0.2) is 0 Å². The summed E-state index contributed by atoms with van der Waals surface area (Å²) < 4.78 is 29.0. The second kappa shape index (κ2) is 5.43. The molecule has 0 unspecified atom stereocenters. The SMILES string of the molecule is FC(F)F.[K]. The normalized spacial score (nSPS) is 7.20. The molecule has 0 N–H and O–H groups in total. The third kappa shape index (κ3) is 31.3. The van der Waals surface area contributed by atoms with Crippen LogP contribution in [0.1, 0.15) is 0 Å². The molecule has 0 saturated carbocycles. The van der Waals surface area contributed by atoms with E-state index in [4.69, 9.17) is 0 Å². The van der Waals surface area contributed by atoms with Gasteiger partial charge in [0.1, 0.15) is 0 Å². The van der Waals surface area contributed by atoms with Gasteiger partial charge in [0.05, 0.1) is 0 Å². The van der Waals surface area contributed by atoms with Crippen LogP contribution in [0.2, 0.25) is 0 Å². The summed E-state index contributed by atoms with van der Waals surface area (Å²) in [5, 5.41) is 0. The summed E-state index contributed by atoms with van der Waals surface area (Å²) in [5.74, 6) is 0. The van der Waals surface area contributed by atoms with Crippen LogP contribution in [-0.4, -0.2) is 58.1 Å². The molecule has 0 heterocycles. The Hall–Kier alpha value is 1.43. The smallest absolute Gasteiger partial charge is 0.174 e. The fraction of sp³-hybridized carbons (Fsp3) is 1.00. The van der Waals surface area contributed by atoms with Gasteiger partial charge in [0.2, 0.25) is 0 Å². The average Bonchev–Trinajstić information content (AvgIpc) is 0.811. The Morgan fingerprint density at radius 3 is 1.00 bits per heavy atom. The molecule has 4 heteroatoms. The number of hydrogen-bond donors (Lipinski definition) is 0. The van der Waals surface area contributed by atoms with E-state index in [2.05, 4.69) is 0 Å². The second-order valence-corrected chi connectivity index (χ2v) is 0.247. The molecule has 0 aliphatic carbocycles. The Kier molecular flexibility index (Phi) is 10.5. The minimum Gasteiger partial charge on any atom is -0.174 e. The molecule has 0 rings (SSSR count). The molecule has 0 aromatic rings. The van der Waals surface area contributed by atoms with Gasteiger partial charge in [-0.05, 0) is 0 Å². The molecule has 0 spiro atoms. The second-order valence-electron chi connectivity index (χ2n) is 0.247. The Bertz CT molecular complexity index is 11.6. The Balaban J connectivity index is 0. The molecule has 0 aromatic heterocycles. The standard InChI is InChI=1S/CHF3.K/c2-1(3)4;/h1H;. The Morgan fingerprint density at radius 1 is 1.00 bits per heavy atom. The van der Waals surface area contributed by atoms with Gasteiger partial charge in [0.15, 0.2) is 0 Å². The van der Waals surface area contributed by atoms with Gasteiger partial charge >= 0.3 is 6.68 Å². The predicted octanol–water partition coefficient (Wildman–Crippen LogP) is 0.798. The monoisotopic (exact) mass is 109 g/mol. The fourth-order valence-corrected chi connectivity index (χ4v) is 0. The molecule has 0 aliphatic heterocycles. The third-order valence-corrected chi connectivity index (χ3v) is 0. The first-order valence-corrected chi connectivity index (χ1v) is 0.655. The largest absolute Gasteiger partial charge is 0.379 e. The first-order chi connectivity index (χ1) is 1.73. The zero-order valence-corrected chi connectivity index (χ0v) is 5.83. The number of halogens is 3. The van der Waals surface area contributed by atoms with Crippen LogP contribution in [0.4, 0.5) is 13.2 Å². The van der Waals surface area contributed by atoms with Crippen molar-refractivity contribution in [2.75, 3.05) is 0 Å². The van der Waals surface area contributed by atoms with E-state index in [0.29, 0.717) is 0 Å². The van der Waals surface area contributed by atoms with Crippen LogP contribution in [-0.2, 0) is 0 Å². The molecule has 0 nitrogen and oxygen atoms in total. The van der Waals surface area contributed by atoms with Gasteiger partial charge in [-0.25, -0.2) is 0 Å². The van der Waals surface area contributed by atoms with Gasteiger partial charge in [-0.1, -0.05) is 0 Å². The maximum Gasteiger partial charge on any atom is 0.379 e. The molecule has 0 fully saturated rings. The van der Waals surface area contributed by atoms with Crippen molar-refractivity contribution in [3.8, 4) is 0 Å². The van der Waals surface area contributed by atoms with Crippen molar-refractivity contribution in [2.45, 2.75) is 6.68 Å². The van der Waals surface area contributed by atoms with Crippen LogP contribution < -0.4 is 0 Å². The van der Waals surface area contributed by atoms with Gasteiger partial charge in [0.25, 0.3) is 0 Å². The predicted molar refractivity (Wildman–Crippen MR) is 12.9 cm³/mol. The summed E-state index contributed by atoms with van der Waals surface area (Å²) in [5.41, 5.74) is 0. The number of hydrogen-bond acceptors (Lipinski definition) is 0. The van der Waals surface area contributed by atoms with E-state index < -0.39 is 6.68 Å². The van der Waals surface area contributed by atoms with Gasteiger partial charge in [-0.15, -0.1) is 0 Å². The fourth-order valence-electron chi connectivity index (χ4n) is 0. The summed E-state index contributed by atoms with van der Waals surface area (Å²) >= 11 is 0. The minimum absolute atomic E-state index is 0. The van der Waals surface area contributed by atoms with Crippen molar-refractivity contribution >= 4 is 51.4 Å². The zero-order chi connectivity index (χ0) is 3.58. The van der Waals surface area contributed by atoms with Crippen LogP contribution in [0, 0.1) is 0 Å². The van der Waals surface area contributed by atoms with Crippen molar-refractivity contribution in [3.05, 3.63) is 0 Å². The maximum absolute atomic E-state index is 9.67. The molecule has 5 heavy (non-hydrogen) atoms. The Labute approximate surface area is 70.2 Å². The van der Waals surface area contributed by atoms with Crippen LogP contribution in [0.3, 0.4) is 0 Å². The van der Waals surface area contributed by atoms with E-state index in [-0.39, 0.29) is 51.4 Å². The third-order valence-electron chi connectivity index (χ3n) is 0. The molecule has 0 saturated heterocycles. The van der Waals surface area contributed by atoms with Crippen LogP contribution in [0.25, 0.3) is 0 Å². The molecule has 0 amide bonds. The summed E-state index contributed by atoms with van der Waals surface area (Å²) in [6.45, 7) is -3.67. The van der Waals surface area contributed by atoms with Gasteiger partial charge < -0.3 is 0 Å². The van der Waals surface area contributed by atoms with Gasteiger partial charge in [-0.3, -0.25) is 0 Å². The van der Waals surface area contributed by atoms with E-state index in [1.165, 1.54) is 0 Å². The van der Waals surface area contributed by atoms with Crippen molar-refractivity contribution < 1.29 is 13.2 Å². The van der Waals surface area contributed by atoms with Crippen molar-refractivity contribution in [1.29, 1.82) is 0 Å². The van der Waals surface area contributed by atoms with Gasteiger partial charge in [-0.2, -0.15) is 13.2 Å². The van der Waals surface area contributed by atoms with E-state index in [9.17, 15) is 13.2 Å². The first-order valence-electron chi connectivity index (χ1n) is 0.655. The summed E-state index contributed by atoms with van der Waals surface area (Å²) in [6.07, 6.45) is 0. The maximum atomic E-state index is 9.67. The molecule has 0 atom stereocenters. The van der Waals surface area contributed by atoms with Crippen molar-refractivity contribution in [2.24, 2.45) is 0 Å². The van der Waals surface area contributed by atoms with Gasteiger partial charge in [0, 0.05) is 51.4 Å². The van der Waals surface area contributed by atoms with Crippen molar-refractivity contribution in [3.63, 3.8) is 0 Å². The van der Waals surface area contributed by atoms with E-state index in [1.807, 2.05) is 0 Å². The summed E-state index contributed by atoms with van der Waals surface area (Å²) in [4.78, 5) is 0. The quantitative estimate of drug-likeness (QED) is 0.403. The molecule has 0 aromatic carbocycles. The molecule has 1 radical (unpaired) electrons. The van der Waals surface area contributed by atoms with Crippen LogP contribution in [0.5, 0.6) is 0 Å². The molecule has 0 aliphatic rings. The molecule has 0 bridgehead atoms. The number of alkyl halides is 3. The van der Waals surface area contributed by atoms with Crippen molar-refractivity contribution in [1.82, 2.24) is 0 Å². The van der Waals surface area contributed by atoms with E-state index in [0.717, 1.165) is 0 Å². The summed E-state index contributed by atoms with van der Waals surface area (Å²) in [6, 6.07) is 0. The topological polar surface area (TPSA) is 0 Å². The van der Waals surface area contributed by atoms with Crippen LogP contribution >= 0.6 is 0 Å². The average molecular weight is 109 g/mol. The Morgan fingerprint density at radius 2 is 1.00 bits per heavy atom. The zero-order valence-electron chi connectivity index (χ0n) is 2.71. The first kappa shape index (κ1) is 9.66. The molecular weight excluding hydrogens is 108 g/mol. The van der Waals surface area contributed by atoms with E-state index >= 15 is 0 Å². The summed E-state index contributed by atoms with van der Waals surface area (Å²) in [7, 11) is 0. The molecule has 27 valence electrons. The molecular formula is CHF3K. The minimum atomic E-state index is -3.67.